The fourth-order valence-electron chi connectivity index (χ4n) is 1.15. The van der Waals surface area contributed by atoms with E-state index in [1.54, 1.807) is 6.92 Å². The first-order chi connectivity index (χ1) is 5.15. The quantitative estimate of drug-likeness (QED) is 0.569. The summed E-state index contributed by atoms with van der Waals surface area (Å²) in [6.45, 7) is 3.62. The Balaban J connectivity index is 3.02. The largest absolute Gasteiger partial charge is 0.491 e. The summed E-state index contributed by atoms with van der Waals surface area (Å²) in [5.74, 6) is 0.424. The molecule has 3 heteroatoms. The average Bonchev–Trinajstić information content (AvgIpc) is 1.85. The van der Waals surface area contributed by atoms with Crippen molar-refractivity contribution in [1.29, 1.82) is 0 Å². The van der Waals surface area contributed by atoms with Crippen molar-refractivity contribution in [2.24, 2.45) is 4.99 Å². The number of rotatable bonds is 1. The first kappa shape index (κ1) is 7.98. The lowest BCUT2D eigenvalue weighted by atomic mass is 10.1. The van der Waals surface area contributed by atoms with Gasteiger partial charge in [0.25, 0.3) is 0 Å². The zero-order valence-electron chi connectivity index (χ0n) is 6.97. The van der Waals surface area contributed by atoms with Gasteiger partial charge < -0.3 is 4.74 Å². The van der Waals surface area contributed by atoms with Crippen LogP contribution in [0, 0.1) is 0 Å². The molecule has 0 aromatic rings. The minimum atomic E-state index is 0.0255. The smallest absolute Gasteiger partial charge is 0.204 e. The molecule has 3 nitrogen and oxygen atoms in total. The number of allylic oxidation sites excluding steroid dienone is 2. The van der Waals surface area contributed by atoms with Gasteiger partial charge in [-0.05, 0) is 13.8 Å². The number of methoxy groups -OCH3 is 1. The fourth-order valence-corrected chi connectivity index (χ4v) is 1.15. The van der Waals surface area contributed by atoms with E-state index in [0.717, 1.165) is 5.71 Å². The Bertz CT molecular complexity index is 251. The molecule has 11 heavy (non-hydrogen) atoms. The molecular formula is C8H11NO2. The molecule has 0 aromatic heterocycles. The van der Waals surface area contributed by atoms with Crippen molar-refractivity contribution in [2.75, 3.05) is 7.11 Å². The molecule has 0 amide bonds. The van der Waals surface area contributed by atoms with Crippen LogP contribution in [0.4, 0.5) is 0 Å². The summed E-state index contributed by atoms with van der Waals surface area (Å²) in [6, 6.07) is 0. The first-order valence-corrected chi connectivity index (χ1v) is 3.47. The van der Waals surface area contributed by atoms with Crippen LogP contribution in [0.3, 0.4) is 0 Å². The minimum absolute atomic E-state index is 0.0255. The van der Waals surface area contributed by atoms with Gasteiger partial charge in [-0.2, -0.15) is 0 Å². The van der Waals surface area contributed by atoms with E-state index in [2.05, 4.69) is 4.99 Å². The molecule has 1 aliphatic heterocycles. The number of carbonyl (C=O) groups excluding carboxylic acids is 1. The highest BCUT2D eigenvalue weighted by atomic mass is 16.5. The predicted octanol–water partition coefficient (Wildman–Crippen LogP) is 1.30. The summed E-state index contributed by atoms with van der Waals surface area (Å²) in [7, 11) is 1.49. The van der Waals surface area contributed by atoms with Crippen molar-refractivity contribution in [3.05, 3.63) is 11.5 Å². The molecular weight excluding hydrogens is 142 g/mol. The standard InChI is InChI=1S/C8H11NO2/c1-5-4-7(10)8(11-3)6(2)9-5/h4H2,1-3H3. The summed E-state index contributed by atoms with van der Waals surface area (Å²) < 4.78 is 4.89. The van der Waals surface area contributed by atoms with Crippen LogP contribution < -0.4 is 0 Å². The number of Topliss-reactive ketones (excluding diaryl/α,β-unsaturated/α-hetero) is 1. The SMILES string of the molecule is COC1=C(C)N=C(C)CC1=O. The molecule has 0 aromatic carbocycles. The van der Waals surface area contributed by atoms with Gasteiger partial charge in [0, 0.05) is 5.71 Å². The average molecular weight is 153 g/mol. The third-order valence-electron chi connectivity index (χ3n) is 1.56. The Morgan fingerprint density at radius 1 is 1.45 bits per heavy atom. The van der Waals surface area contributed by atoms with Gasteiger partial charge in [-0.1, -0.05) is 0 Å². The van der Waals surface area contributed by atoms with Crippen LogP contribution in [0.25, 0.3) is 0 Å². The first-order valence-electron chi connectivity index (χ1n) is 3.47. The lowest BCUT2D eigenvalue weighted by Gasteiger charge is -2.12. The zero-order valence-corrected chi connectivity index (χ0v) is 6.97. The van der Waals surface area contributed by atoms with Gasteiger partial charge in [0.15, 0.2) is 5.76 Å². The van der Waals surface area contributed by atoms with Crippen molar-refractivity contribution in [3.63, 3.8) is 0 Å². The van der Waals surface area contributed by atoms with E-state index >= 15 is 0 Å². The highest BCUT2D eigenvalue weighted by molar-refractivity contribution is 6.10. The topological polar surface area (TPSA) is 38.7 Å². The lowest BCUT2D eigenvalue weighted by Crippen LogP contribution is -2.15. The van der Waals surface area contributed by atoms with Gasteiger partial charge >= 0.3 is 0 Å². The second kappa shape index (κ2) is 2.86. The number of hydrogen-bond donors (Lipinski definition) is 0. The van der Waals surface area contributed by atoms with Crippen LogP contribution in [0.1, 0.15) is 20.3 Å². The van der Waals surface area contributed by atoms with Crippen LogP contribution >= 0.6 is 0 Å². The maximum absolute atomic E-state index is 11.2. The molecule has 0 spiro atoms. The van der Waals surface area contributed by atoms with Crippen molar-refractivity contribution < 1.29 is 9.53 Å². The van der Waals surface area contributed by atoms with E-state index in [0.29, 0.717) is 17.9 Å². The third-order valence-corrected chi connectivity index (χ3v) is 1.56. The van der Waals surface area contributed by atoms with Gasteiger partial charge in [-0.3, -0.25) is 9.79 Å². The molecule has 0 bridgehead atoms. The fraction of sp³-hybridized carbons (Fsp3) is 0.500. The third kappa shape index (κ3) is 1.48. The number of hydrogen-bond acceptors (Lipinski definition) is 3. The monoisotopic (exact) mass is 153 g/mol. The molecule has 0 saturated carbocycles. The number of ether oxygens (including phenoxy) is 1. The zero-order chi connectivity index (χ0) is 8.43. The Morgan fingerprint density at radius 3 is 2.55 bits per heavy atom. The predicted molar refractivity (Wildman–Crippen MR) is 42.4 cm³/mol. The van der Waals surface area contributed by atoms with Gasteiger partial charge in [0.1, 0.15) is 0 Å². The Labute approximate surface area is 65.8 Å². The highest BCUT2D eigenvalue weighted by Gasteiger charge is 2.18. The van der Waals surface area contributed by atoms with Crippen molar-refractivity contribution in [3.8, 4) is 0 Å². The van der Waals surface area contributed by atoms with Gasteiger partial charge in [-0.25, -0.2) is 0 Å². The summed E-state index contributed by atoms with van der Waals surface area (Å²) >= 11 is 0. The summed E-state index contributed by atoms with van der Waals surface area (Å²) in [6.07, 6.45) is 0.389. The molecule has 0 radical (unpaired) electrons. The van der Waals surface area contributed by atoms with Crippen LogP contribution in [-0.4, -0.2) is 18.6 Å². The van der Waals surface area contributed by atoms with Crippen LogP contribution in [0.5, 0.6) is 0 Å². The molecule has 0 saturated heterocycles. The van der Waals surface area contributed by atoms with E-state index in [1.165, 1.54) is 7.11 Å². The Kier molecular flexibility index (Phi) is 2.08. The number of aliphatic imine (C=N–C) groups is 1. The molecule has 1 rings (SSSR count). The number of nitrogens with zero attached hydrogens (tertiary/aromatic N) is 1. The molecule has 1 aliphatic rings. The van der Waals surface area contributed by atoms with E-state index in [4.69, 9.17) is 4.74 Å². The molecule has 0 aliphatic carbocycles. The molecule has 0 atom stereocenters. The molecule has 60 valence electrons. The molecule has 1 heterocycles. The molecule has 0 unspecified atom stereocenters. The summed E-state index contributed by atoms with van der Waals surface area (Å²) in [5.41, 5.74) is 1.54. The van der Waals surface area contributed by atoms with Gasteiger partial charge in [-0.15, -0.1) is 0 Å². The highest BCUT2D eigenvalue weighted by Crippen LogP contribution is 2.15. The Morgan fingerprint density at radius 2 is 2.09 bits per heavy atom. The van der Waals surface area contributed by atoms with E-state index in [-0.39, 0.29) is 5.78 Å². The molecule has 0 fully saturated rings. The second-order valence-corrected chi connectivity index (χ2v) is 2.57. The van der Waals surface area contributed by atoms with Crippen LogP contribution in [-0.2, 0) is 9.53 Å². The van der Waals surface area contributed by atoms with Crippen molar-refractivity contribution in [2.45, 2.75) is 20.3 Å². The van der Waals surface area contributed by atoms with E-state index in [9.17, 15) is 4.79 Å². The van der Waals surface area contributed by atoms with E-state index in [1.807, 2.05) is 6.92 Å². The lowest BCUT2D eigenvalue weighted by molar-refractivity contribution is -0.117. The summed E-state index contributed by atoms with van der Waals surface area (Å²) in [5, 5.41) is 0. The Hall–Kier alpha value is -1.12. The van der Waals surface area contributed by atoms with Crippen LogP contribution in [0.15, 0.2) is 16.4 Å². The van der Waals surface area contributed by atoms with E-state index < -0.39 is 0 Å². The second-order valence-electron chi connectivity index (χ2n) is 2.57. The minimum Gasteiger partial charge on any atom is -0.491 e. The van der Waals surface area contributed by atoms with Crippen molar-refractivity contribution in [1.82, 2.24) is 0 Å². The maximum atomic E-state index is 11.2. The molecule has 0 N–H and O–H groups in total. The number of ketones is 1. The normalized spacial score (nSPS) is 18.5. The number of carbonyl (C=O) groups is 1. The van der Waals surface area contributed by atoms with Gasteiger partial charge in [0.05, 0.1) is 19.2 Å². The van der Waals surface area contributed by atoms with Crippen LogP contribution in [0.2, 0.25) is 0 Å². The summed E-state index contributed by atoms with van der Waals surface area (Å²) in [4.78, 5) is 15.3. The van der Waals surface area contributed by atoms with Crippen molar-refractivity contribution >= 4 is 11.5 Å². The maximum Gasteiger partial charge on any atom is 0.204 e. The van der Waals surface area contributed by atoms with Gasteiger partial charge in [0.2, 0.25) is 5.78 Å².